The molecule has 6 nitrogen and oxygen atoms in total. The molecule has 0 bridgehead atoms. The fourth-order valence-electron chi connectivity index (χ4n) is 2.01. The summed E-state index contributed by atoms with van der Waals surface area (Å²) in [5.41, 5.74) is 0. The van der Waals surface area contributed by atoms with E-state index in [-0.39, 0.29) is 23.4 Å². The van der Waals surface area contributed by atoms with Crippen LogP contribution in [0.2, 0.25) is 0 Å². The number of nitrogens with zero attached hydrogens (tertiary/aromatic N) is 1. The first-order valence-corrected chi connectivity index (χ1v) is 8.30. The monoisotopic (exact) mass is 323 g/mol. The average molecular weight is 323 g/mol. The second-order valence-electron chi connectivity index (χ2n) is 4.36. The SMILES string of the molecule is O=C(O)COC1CCN(S(=O)(=O)c2sccc2F)CC1. The Bertz CT molecular complexity index is 577. The van der Waals surface area contributed by atoms with Gasteiger partial charge in [0.1, 0.15) is 6.61 Å². The zero-order chi connectivity index (χ0) is 14.8. The molecular formula is C11H14FNO5S2. The number of hydrogen-bond donors (Lipinski definition) is 1. The van der Waals surface area contributed by atoms with E-state index in [0.717, 1.165) is 17.4 Å². The molecule has 0 atom stereocenters. The number of ether oxygens (including phenoxy) is 1. The second kappa shape index (κ2) is 6.17. The van der Waals surface area contributed by atoms with E-state index in [0.29, 0.717) is 12.8 Å². The number of sulfonamides is 1. The van der Waals surface area contributed by atoms with Gasteiger partial charge in [-0.25, -0.2) is 17.6 Å². The highest BCUT2D eigenvalue weighted by atomic mass is 32.2. The highest BCUT2D eigenvalue weighted by Crippen LogP contribution is 2.27. The molecule has 0 radical (unpaired) electrons. The second-order valence-corrected chi connectivity index (χ2v) is 7.41. The van der Waals surface area contributed by atoms with Crippen LogP contribution in [0.25, 0.3) is 0 Å². The summed E-state index contributed by atoms with van der Waals surface area (Å²) in [4.78, 5) is 10.4. The minimum atomic E-state index is -3.80. The zero-order valence-corrected chi connectivity index (χ0v) is 12.1. The normalized spacial score (nSPS) is 18.2. The first-order chi connectivity index (χ1) is 9.41. The molecule has 1 fully saturated rings. The van der Waals surface area contributed by atoms with Gasteiger partial charge in [-0.15, -0.1) is 11.3 Å². The van der Waals surface area contributed by atoms with E-state index >= 15 is 0 Å². The van der Waals surface area contributed by atoms with Crippen LogP contribution in [0, 0.1) is 5.82 Å². The Morgan fingerprint density at radius 3 is 2.65 bits per heavy atom. The van der Waals surface area contributed by atoms with Gasteiger partial charge < -0.3 is 9.84 Å². The average Bonchev–Trinajstić information content (AvgIpc) is 2.84. The van der Waals surface area contributed by atoms with Crippen molar-refractivity contribution in [1.82, 2.24) is 4.31 Å². The third-order valence-corrected chi connectivity index (χ3v) is 6.31. The summed E-state index contributed by atoms with van der Waals surface area (Å²) in [6, 6.07) is 1.13. The number of rotatable bonds is 5. The lowest BCUT2D eigenvalue weighted by molar-refractivity contribution is -0.145. The van der Waals surface area contributed by atoms with Gasteiger partial charge >= 0.3 is 5.97 Å². The predicted octanol–water partition coefficient (Wildman–Crippen LogP) is 1.14. The molecule has 2 rings (SSSR count). The largest absolute Gasteiger partial charge is 0.480 e. The van der Waals surface area contributed by atoms with E-state index in [9.17, 15) is 17.6 Å². The van der Waals surface area contributed by atoms with Crippen molar-refractivity contribution in [1.29, 1.82) is 0 Å². The molecular weight excluding hydrogens is 309 g/mol. The highest BCUT2D eigenvalue weighted by molar-refractivity contribution is 7.91. The van der Waals surface area contributed by atoms with Crippen LogP contribution in [-0.4, -0.2) is 49.6 Å². The number of carbonyl (C=O) groups is 1. The zero-order valence-electron chi connectivity index (χ0n) is 10.5. The number of halogens is 1. The smallest absolute Gasteiger partial charge is 0.329 e. The Balaban J connectivity index is 1.97. The summed E-state index contributed by atoms with van der Waals surface area (Å²) in [5, 5.41) is 9.90. The van der Waals surface area contributed by atoms with Crippen molar-refractivity contribution in [3.63, 3.8) is 0 Å². The molecule has 0 saturated carbocycles. The maximum atomic E-state index is 13.4. The molecule has 1 aromatic heterocycles. The van der Waals surface area contributed by atoms with Crippen LogP contribution < -0.4 is 0 Å². The molecule has 1 aromatic rings. The fraction of sp³-hybridized carbons (Fsp3) is 0.545. The summed E-state index contributed by atoms with van der Waals surface area (Å²) in [5.74, 6) is -1.79. The van der Waals surface area contributed by atoms with Crippen LogP contribution in [0.1, 0.15) is 12.8 Å². The first kappa shape index (κ1) is 15.4. The van der Waals surface area contributed by atoms with E-state index in [1.165, 1.54) is 9.69 Å². The Labute approximate surface area is 119 Å². The first-order valence-electron chi connectivity index (χ1n) is 5.98. The van der Waals surface area contributed by atoms with Crippen molar-refractivity contribution in [2.75, 3.05) is 19.7 Å². The van der Waals surface area contributed by atoms with Gasteiger partial charge in [0.25, 0.3) is 10.0 Å². The molecule has 112 valence electrons. The molecule has 1 saturated heterocycles. The van der Waals surface area contributed by atoms with Crippen molar-refractivity contribution < 1.29 is 27.4 Å². The number of carboxylic acid groups (broad SMARTS) is 1. The van der Waals surface area contributed by atoms with Crippen LogP contribution in [0.3, 0.4) is 0 Å². The van der Waals surface area contributed by atoms with Gasteiger partial charge in [-0.1, -0.05) is 0 Å². The van der Waals surface area contributed by atoms with Gasteiger partial charge in [-0.3, -0.25) is 0 Å². The van der Waals surface area contributed by atoms with E-state index < -0.39 is 28.4 Å². The topological polar surface area (TPSA) is 83.9 Å². The van der Waals surface area contributed by atoms with Gasteiger partial charge in [0.15, 0.2) is 10.0 Å². The maximum absolute atomic E-state index is 13.4. The van der Waals surface area contributed by atoms with Crippen LogP contribution >= 0.6 is 11.3 Å². The lowest BCUT2D eigenvalue weighted by Gasteiger charge is -2.30. The van der Waals surface area contributed by atoms with Crippen molar-refractivity contribution in [2.45, 2.75) is 23.2 Å². The molecule has 1 aliphatic heterocycles. The number of hydrogen-bond acceptors (Lipinski definition) is 5. The molecule has 1 aliphatic rings. The molecule has 0 unspecified atom stereocenters. The van der Waals surface area contributed by atoms with Crippen molar-refractivity contribution in [2.24, 2.45) is 0 Å². The van der Waals surface area contributed by atoms with Gasteiger partial charge in [0.05, 0.1) is 6.10 Å². The predicted molar refractivity (Wildman–Crippen MR) is 69.6 cm³/mol. The Kier molecular flexibility index (Phi) is 4.74. The molecule has 20 heavy (non-hydrogen) atoms. The summed E-state index contributed by atoms with van der Waals surface area (Å²) in [7, 11) is -3.80. The van der Waals surface area contributed by atoms with E-state index in [1.807, 2.05) is 0 Å². The molecule has 2 heterocycles. The summed E-state index contributed by atoms with van der Waals surface area (Å²) in [6.45, 7) is 0.00485. The fourth-order valence-corrected chi connectivity index (χ4v) is 4.71. The standard InChI is InChI=1S/C11H14FNO5S2/c12-9-3-6-19-11(9)20(16,17)13-4-1-8(2-5-13)18-7-10(14)15/h3,6,8H,1-2,4-5,7H2,(H,14,15). The Morgan fingerprint density at radius 2 is 2.15 bits per heavy atom. The highest BCUT2D eigenvalue weighted by Gasteiger charge is 2.32. The Morgan fingerprint density at radius 1 is 1.50 bits per heavy atom. The molecule has 1 N–H and O–H groups in total. The quantitative estimate of drug-likeness (QED) is 0.878. The maximum Gasteiger partial charge on any atom is 0.329 e. The Hall–Kier alpha value is -1.03. The third kappa shape index (κ3) is 3.35. The molecule has 0 amide bonds. The summed E-state index contributed by atoms with van der Waals surface area (Å²) in [6.07, 6.45) is 0.532. The van der Waals surface area contributed by atoms with E-state index in [2.05, 4.69) is 0 Å². The summed E-state index contributed by atoms with van der Waals surface area (Å²) < 4.78 is 43.9. The number of aliphatic carboxylic acids is 1. The molecule has 0 aliphatic carbocycles. The minimum Gasteiger partial charge on any atom is -0.480 e. The molecule has 9 heteroatoms. The number of thiophene rings is 1. The van der Waals surface area contributed by atoms with Crippen LogP contribution in [-0.2, 0) is 19.6 Å². The lowest BCUT2D eigenvalue weighted by Crippen LogP contribution is -2.41. The van der Waals surface area contributed by atoms with Crippen molar-refractivity contribution in [3.05, 3.63) is 17.3 Å². The van der Waals surface area contributed by atoms with Crippen LogP contribution in [0.15, 0.2) is 15.7 Å². The van der Waals surface area contributed by atoms with Crippen LogP contribution in [0.4, 0.5) is 4.39 Å². The minimum absolute atomic E-state index is 0.198. The van der Waals surface area contributed by atoms with Crippen molar-refractivity contribution in [3.8, 4) is 0 Å². The van der Waals surface area contributed by atoms with Gasteiger partial charge in [0, 0.05) is 13.1 Å². The lowest BCUT2D eigenvalue weighted by atomic mass is 10.1. The molecule has 0 spiro atoms. The number of carboxylic acids is 1. The van der Waals surface area contributed by atoms with E-state index in [1.54, 1.807) is 0 Å². The van der Waals surface area contributed by atoms with Gasteiger partial charge in [-0.2, -0.15) is 4.31 Å². The number of piperidine rings is 1. The van der Waals surface area contributed by atoms with Crippen LogP contribution in [0.5, 0.6) is 0 Å². The van der Waals surface area contributed by atoms with E-state index in [4.69, 9.17) is 9.84 Å². The van der Waals surface area contributed by atoms with Gasteiger partial charge in [0.2, 0.25) is 0 Å². The van der Waals surface area contributed by atoms with Gasteiger partial charge in [-0.05, 0) is 24.3 Å². The molecule has 0 aromatic carbocycles. The third-order valence-electron chi connectivity index (χ3n) is 3.00. The van der Waals surface area contributed by atoms with Crippen molar-refractivity contribution >= 4 is 27.3 Å². The summed E-state index contributed by atoms with van der Waals surface area (Å²) >= 11 is 0.852.